The van der Waals surface area contributed by atoms with Gasteiger partial charge >= 0.3 is 0 Å². The zero-order chi connectivity index (χ0) is 20.2. The van der Waals surface area contributed by atoms with E-state index in [2.05, 4.69) is 69.2 Å². The van der Waals surface area contributed by atoms with Gasteiger partial charge < -0.3 is 20.0 Å². The molecule has 29 heavy (non-hydrogen) atoms. The third kappa shape index (κ3) is 4.99. The monoisotopic (exact) mass is 394 g/mol. The molecular weight excluding hydrogens is 360 g/mol. The second-order valence-electron chi connectivity index (χ2n) is 8.45. The van der Waals surface area contributed by atoms with Crippen molar-refractivity contribution in [2.45, 2.75) is 33.6 Å². The summed E-state index contributed by atoms with van der Waals surface area (Å²) in [6.07, 6.45) is 2.57. The first-order valence-corrected chi connectivity index (χ1v) is 11.1. The Morgan fingerprint density at radius 1 is 0.931 bits per heavy atom. The van der Waals surface area contributed by atoms with Gasteiger partial charge in [-0.15, -0.1) is 0 Å². The van der Waals surface area contributed by atoms with E-state index in [1.807, 2.05) is 6.92 Å². The molecule has 0 radical (unpaired) electrons. The van der Waals surface area contributed by atoms with Crippen LogP contribution in [0.4, 0.5) is 23.1 Å². The summed E-state index contributed by atoms with van der Waals surface area (Å²) in [5, 5.41) is 3.40. The molecule has 0 saturated carbocycles. The van der Waals surface area contributed by atoms with Crippen LogP contribution in [0.15, 0.2) is 30.3 Å². The highest BCUT2D eigenvalue weighted by atomic mass is 15.3. The summed E-state index contributed by atoms with van der Waals surface area (Å²) in [5.41, 5.74) is 3.34. The summed E-state index contributed by atoms with van der Waals surface area (Å²) in [5.74, 6) is 2.55. The molecule has 0 unspecified atom stereocenters. The van der Waals surface area contributed by atoms with E-state index >= 15 is 0 Å². The lowest BCUT2D eigenvalue weighted by Crippen LogP contribution is -2.46. The molecule has 1 aromatic carbocycles. The summed E-state index contributed by atoms with van der Waals surface area (Å²) < 4.78 is 0. The van der Waals surface area contributed by atoms with Crippen molar-refractivity contribution < 1.29 is 0 Å². The number of hydrogen-bond donors (Lipinski definition) is 1. The van der Waals surface area contributed by atoms with Crippen molar-refractivity contribution in [2.24, 2.45) is 5.92 Å². The minimum Gasteiger partial charge on any atom is -0.372 e. The maximum Gasteiger partial charge on any atom is 0.229 e. The molecule has 2 aliphatic heterocycles. The fourth-order valence-electron chi connectivity index (χ4n) is 4.21. The molecule has 0 amide bonds. The lowest BCUT2D eigenvalue weighted by Gasteiger charge is -2.34. The number of anilines is 4. The van der Waals surface area contributed by atoms with Gasteiger partial charge in [-0.2, -0.15) is 4.98 Å². The van der Waals surface area contributed by atoms with E-state index in [4.69, 9.17) is 4.98 Å². The lowest BCUT2D eigenvalue weighted by molar-refractivity contribution is 0.270. The average molecular weight is 395 g/mol. The molecular formula is C23H34N6. The van der Waals surface area contributed by atoms with Gasteiger partial charge in [0.2, 0.25) is 5.95 Å². The maximum atomic E-state index is 4.80. The zero-order valence-electron chi connectivity index (χ0n) is 18.1. The summed E-state index contributed by atoms with van der Waals surface area (Å²) in [4.78, 5) is 16.7. The lowest BCUT2D eigenvalue weighted by atomic mass is 9.99. The molecule has 3 heterocycles. The largest absolute Gasteiger partial charge is 0.372 e. The van der Waals surface area contributed by atoms with Crippen LogP contribution in [0.1, 0.15) is 32.4 Å². The van der Waals surface area contributed by atoms with E-state index in [9.17, 15) is 0 Å². The van der Waals surface area contributed by atoms with Gasteiger partial charge in [0.05, 0.1) is 0 Å². The van der Waals surface area contributed by atoms with Crippen LogP contribution in [0.2, 0.25) is 0 Å². The van der Waals surface area contributed by atoms with Crippen molar-refractivity contribution in [3.8, 4) is 0 Å². The first-order valence-electron chi connectivity index (χ1n) is 11.1. The number of hydrogen-bond acceptors (Lipinski definition) is 6. The highest BCUT2D eigenvalue weighted by Crippen LogP contribution is 2.25. The topological polar surface area (TPSA) is 47.5 Å². The number of rotatable bonds is 5. The van der Waals surface area contributed by atoms with E-state index in [0.717, 1.165) is 68.9 Å². The van der Waals surface area contributed by atoms with Crippen LogP contribution in [0.3, 0.4) is 0 Å². The highest BCUT2D eigenvalue weighted by Gasteiger charge is 2.18. The molecule has 6 nitrogen and oxygen atoms in total. The normalized spacial score (nSPS) is 18.9. The molecule has 2 aliphatic rings. The molecule has 4 rings (SSSR count). The number of nitrogens with zero attached hydrogens (tertiary/aromatic N) is 5. The van der Waals surface area contributed by atoms with Crippen LogP contribution in [-0.2, 0) is 0 Å². The number of likely N-dealkylation sites (N-methyl/N-ethyl adjacent to an activating group) is 1. The molecule has 0 aliphatic carbocycles. The Kier molecular flexibility index (Phi) is 6.19. The number of nitrogens with one attached hydrogen (secondary N) is 1. The van der Waals surface area contributed by atoms with Crippen molar-refractivity contribution in [2.75, 3.05) is 60.9 Å². The van der Waals surface area contributed by atoms with E-state index in [-0.39, 0.29) is 0 Å². The van der Waals surface area contributed by atoms with Crippen LogP contribution in [0.25, 0.3) is 0 Å². The highest BCUT2D eigenvalue weighted by molar-refractivity contribution is 5.60. The third-order valence-electron chi connectivity index (χ3n) is 6.26. The van der Waals surface area contributed by atoms with Crippen LogP contribution in [0.5, 0.6) is 0 Å². The second-order valence-corrected chi connectivity index (χ2v) is 8.45. The summed E-state index contributed by atoms with van der Waals surface area (Å²) in [6, 6.07) is 10.8. The van der Waals surface area contributed by atoms with Gasteiger partial charge in [0, 0.05) is 62.4 Å². The first-order chi connectivity index (χ1) is 14.1. The van der Waals surface area contributed by atoms with Crippen LogP contribution in [0, 0.1) is 12.8 Å². The van der Waals surface area contributed by atoms with Gasteiger partial charge in [-0.05, 0) is 56.5 Å². The van der Waals surface area contributed by atoms with Gasteiger partial charge in [0.1, 0.15) is 5.82 Å². The summed E-state index contributed by atoms with van der Waals surface area (Å²) >= 11 is 0. The first kappa shape index (κ1) is 20.0. The fourth-order valence-corrected chi connectivity index (χ4v) is 4.21. The minimum absolute atomic E-state index is 0.678. The Labute approximate surface area is 174 Å². The average Bonchev–Trinajstić information content (AvgIpc) is 2.75. The van der Waals surface area contributed by atoms with Crippen molar-refractivity contribution in [3.63, 3.8) is 0 Å². The van der Waals surface area contributed by atoms with Gasteiger partial charge in [-0.1, -0.05) is 13.8 Å². The predicted octanol–water partition coefficient (Wildman–Crippen LogP) is 3.91. The van der Waals surface area contributed by atoms with Gasteiger partial charge in [0.15, 0.2) is 0 Å². The minimum atomic E-state index is 0.678. The van der Waals surface area contributed by atoms with Gasteiger partial charge in [0.25, 0.3) is 0 Å². The number of aromatic nitrogens is 2. The third-order valence-corrected chi connectivity index (χ3v) is 6.26. The second kappa shape index (κ2) is 8.99. The van der Waals surface area contributed by atoms with Crippen molar-refractivity contribution in [1.29, 1.82) is 0 Å². The SMILES string of the molecule is CCN1CCN(c2cc(C)nc(Nc3ccc(N4CCC(C)CC4)cc3)n2)CC1. The zero-order valence-corrected chi connectivity index (χ0v) is 18.1. The molecule has 1 N–H and O–H groups in total. The molecule has 0 atom stereocenters. The Hall–Kier alpha value is -2.34. The van der Waals surface area contributed by atoms with Crippen LogP contribution >= 0.6 is 0 Å². The smallest absolute Gasteiger partial charge is 0.229 e. The summed E-state index contributed by atoms with van der Waals surface area (Å²) in [7, 11) is 0. The number of piperazine rings is 1. The molecule has 2 saturated heterocycles. The van der Waals surface area contributed by atoms with E-state index in [1.165, 1.54) is 18.5 Å². The molecule has 2 fully saturated rings. The van der Waals surface area contributed by atoms with E-state index in [0.29, 0.717) is 5.95 Å². The number of benzene rings is 1. The van der Waals surface area contributed by atoms with E-state index in [1.54, 1.807) is 0 Å². The number of aryl methyl sites for hydroxylation is 1. The summed E-state index contributed by atoms with van der Waals surface area (Å²) in [6.45, 7) is 14.3. The van der Waals surface area contributed by atoms with Gasteiger partial charge in [-0.3, -0.25) is 0 Å². The van der Waals surface area contributed by atoms with Crippen molar-refractivity contribution in [3.05, 3.63) is 36.0 Å². The molecule has 0 bridgehead atoms. The quantitative estimate of drug-likeness (QED) is 0.830. The molecule has 0 spiro atoms. The van der Waals surface area contributed by atoms with Crippen LogP contribution in [-0.4, -0.2) is 60.7 Å². The Bertz CT molecular complexity index is 790. The predicted molar refractivity (Wildman–Crippen MR) is 121 cm³/mol. The Morgan fingerprint density at radius 3 is 2.28 bits per heavy atom. The fraction of sp³-hybridized carbons (Fsp3) is 0.565. The Balaban J connectivity index is 1.42. The molecule has 1 aromatic heterocycles. The van der Waals surface area contributed by atoms with Crippen molar-refractivity contribution >= 4 is 23.1 Å². The maximum absolute atomic E-state index is 4.80. The molecule has 156 valence electrons. The van der Waals surface area contributed by atoms with Crippen molar-refractivity contribution in [1.82, 2.24) is 14.9 Å². The molecule has 6 heteroatoms. The standard InChI is InChI=1S/C23H34N6/c1-4-27-13-15-29(16-14-27)22-17-19(3)24-23(26-22)25-20-5-7-21(8-6-20)28-11-9-18(2)10-12-28/h5-8,17-18H,4,9-16H2,1-3H3,(H,24,25,26). The van der Waals surface area contributed by atoms with Crippen LogP contribution < -0.4 is 15.1 Å². The van der Waals surface area contributed by atoms with E-state index < -0.39 is 0 Å². The van der Waals surface area contributed by atoms with Gasteiger partial charge in [-0.25, -0.2) is 4.98 Å². The Morgan fingerprint density at radius 2 is 1.62 bits per heavy atom. The number of piperidine rings is 1. The molecule has 2 aromatic rings.